The van der Waals surface area contributed by atoms with Crippen LogP contribution in [0.25, 0.3) is 11.3 Å². The number of hydrogen-bond acceptors (Lipinski definition) is 4. The van der Waals surface area contributed by atoms with Gasteiger partial charge in [-0.05, 0) is 20.8 Å². The molecule has 0 fully saturated rings. The first-order valence-electron chi connectivity index (χ1n) is 6.90. The summed E-state index contributed by atoms with van der Waals surface area (Å²) >= 11 is 0. The van der Waals surface area contributed by atoms with Crippen molar-refractivity contribution in [3.8, 4) is 11.3 Å². The molecule has 20 heavy (non-hydrogen) atoms. The Kier molecular flexibility index (Phi) is 4.69. The molecule has 1 atom stereocenters. The monoisotopic (exact) mass is 271 g/mol. The maximum atomic E-state index is 5.61. The highest BCUT2D eigenvalue weighted by molar-refractivity contribution is 5.68. The van der Waals surface area contributed by atoms with Crippen LogP contribution >= 0.6 is 0 Å². The minimum absolute atomic E-state index is 0.116. The standard InChI is InChI=1S/C16H21N3O/c1-5-20-12(3)16-18-14(11(2)15(17-4)19-16)13-9-7-6-8-10-13/h6-10,12H,5H2,1-4H3,(H,17,18,19). The Labute approximate surface area is 120 Å². The lowest BCUT2D eigenvalue weighted by atomic mass is 10.1. The molecule has 4 heteroatoms. The van der Waals surface area contributed by atoms with E-state index in [1.165, 1.54) is 0 Å². The summed E-state index contributed by atoms with van der Waals surface area (Å²) in [6.45, 7) is 6.63. The summed E-state index contributed by atoms with van der Waals surface area (Å²) in [5.41, 5.74) is 3.09. The fourth-order valence-corrected chi connectivity index (χ4v) is 2.16. The number of benzene rings is 1. The Balaban J connectivity index is 2.53. The number of anilines is 1. The minimum atomic E-state index is -0.116. The average molecular weight is 271 g/mol. The second-order valence-corrected chi connectivity index (χ2v) is 4.62. The smallest absolute Gasteiger partial charge is 0.159 e. The topological polar surface area (TPSA) is 47.0 Å². The molecule has 0 spiro atoms. The molecule has 4 nitrogen and oxygen atoms in total. The molecule has 0 saturated carbocycles. The third-order valence-corrected chi connectivity index (χ3v) is 3.23. The van der Waals surface area contributed by atoms with Crippen molar-refractivity contribution in [1.82, 2.24) is 9.97 Å². The summed E-state index contributed by atoms with van der Waals surface area (Å²) in [7, 11) is 1.87. The molecule has 1 aromatic carbocycles. The van der Waals surface area contributed by atoms with E-state index in [0.717, 1.165) is 22.6 Å². The predicted octanol–water partition coefficient (Wildman–Crippen LogP) is 3.59. The molecule has 0 amide bonds. The van der Waals surface area contributed by atoms with E-state index in [0.29, 0.717) is 12.4 Å². The van der Waals surface area contributed by atoms with Crippen LogP contribution in [0, 0.1) is 6.92 Å². The average Bonchev–Trinajstić information content (AvgIpc) is 2.48. The molecule has 1 unspecified atom stereocenters. The van der Waals surface area contributed by atoms with Gasteiger partial charge in [-0.3, -0.25) is 0 Å². The zero-order valence-electron chi connectivity index (χ0n) is 12.5. The van der Waals surface area contributed by atoms with Crippen LogP contribution < -0.4 is 5.32 Å². The summed E-state index contributed by atoms with van der Waals surface area (Å²) in [6, 6.07) is 10.2. The van der Waals surface area contributed by atoms with Crippen LogP contribution in [0.2, 0.25) is 0 Å². The van der Waals surface area contributed by atoms with Gasteiger partial charge in [0.1, 0.15) is 11.9 Å². The summed E-state index contributed by atoms with van der Waals surface area (Å²) < 4.78 is 5.61. The van der Waals surface area contributed by atoms with Gasteiger partial charge in [0.15, 0.2) is 5.82 Å². The third-order valence-electron chi connectivity index (χ3n) is 3.23. The number of hydrogen-bond donors (Lipinski definition) is 1. The molecule has 1 N–H and O–H groups in total. The molecular weight excluding hydrogens is 250 g/mol. The van der Waals surface area contributed by atoms with Crippen molar-refractivity contribution in [2.24, 2.45) is 0 Å². The van der Waals surface area contributed by atoms with E-state index in [1.807, 2.05) is 46.0 Å². The van der Waals surface area contributed by atoms with Gasteiger partial charge in [0.25, 0.3) is 0 Å². The number of rotatable bonds is 5. The first-order chi connectivity index (χ1) is 9.67. The number of aromatic nitrogens is 2. The molecule has 0 aliphatic carbocycles. The molecule has 106 valence electrons. The molecule has 0 saturated heterocycles. The maximum absolute atomic E-state index is 5.61. The molecule has 1 aromatic heterocycles. The van der Waals surface area contributed by atoms with Crippen LogP contribution in [0.4, 0.5) is 5.82 Å². The Morgan fingerprint density at radius 2 is 1.90 bits per heavy atom. The molecule has 0 aliphatic rings. The zero-order valence-corrected chi connectivity index (χ0v) is 12.5. The van der Waals surface area contributed by atoms with Crippen molar-refractivity contribution >= 4 is 5.82 Å². The van der Waals surface area contributed by atoms with Crippen LogP contribution in [0.5, 0.6) is 0 Å². The van der Waals surface area contributed by atoms with Crippen molar-refractivity contribution in [2.45, 2.75) is 26.9 Å². The van der Waals surface area contributed by atoms with Gasteiger partial charge < -0.3 is 10.1 Å². The second kappa shape index (κ2) is 6.48. The number of nitrogens with zero attached hydrogens (tertiary/aromatic N) is 2. The van der Waals surface area contributed by atoms with Crippen molar-refractivity contribution in [1.29, 1.82) is 0 Å². The Morgan fingerprint density at radius 1 is 1.20 bits per heavy atom. The summed E-state index contributed by atoms with van der Waals surface area (Å²) in [5, 5.41) is 3.14. The van der Waals surface area contributed by atoms with Crippen molar-refractivity contribution in [3.05, 3.63) is 41.7 Å². The molecule has 2 aromatic rings. The lowest BCUT2D eigenvalue weighted by Gasteiger charge is -2.16. The summed E-state index contributed by atoms with van der Waals surface area (Å²) in [6.07, 6.45) is -0.116. The quantitative estimate of drug-likeness (QED) is 0.902. The van der Waals surface area contributed by atoms with E-state index >= 15 is 0 Å². The third kappa shape index (κ3) is 2.96. The fourth-order valence-electron chi connectivity index (χ4n) is 2.16. The van der Waals surface area contributed by atoms with E-state index in [-0.39, 0.29) is 6.10 Å². The van der Waals surface area contributed by atoms with E-state index in [1.54, 1.807) is 0 Å². The first kappa shape index (κ1) is 14.5. The van der Waals surface area contributed by atoms with E-state index in [9.17, 15) is 0 Å². The van der Waals surface area contributed by atoms with Gasteiger partial charge in [-0.2, -0.15) is 0 Å². The van der Waals surface area contributed by atoms with Crippen molar-refractivity contribution in [3.63, 3.8) is 0 Å². The normalized spacial score (nSPS) is 12.2. The van der Waals surface area contributed by atoms with Crippen LogP contribution in [-0.4, -0.2) is 23.6 Å². The Bertz CT molecular complexity index is 569. The van der Waals surface area contributed by atoms with Gasteiger partial charge in [-0.1, -0.05) is 30.3 Å². The fraction of sp³-hybridized carbons (Fsp3) is 0.375. The van der Waals surface area contributed by atoms with Crippen LogP contribution in [-0.2, 0) is 4.74 Å². The highest BCUT2D eigenvalue weighted by Crippen LogP contribution is 2.27. The lowest BCUT2D eigenvalue weighted by Crippen LogP contribution is -2.10. The number of nitrogens with one attached hydrogen (secondary N) is 1. The largest absolute Gasteiger partial charge is 0.373 e. The zero-order chi connectivity index (χ0) is 14.5. The lowest BCUT2D eigenvalue weighted by molar-refractivity contribution is 0.0702. The van der Waals surface area contributed by atoms with Crippen molar-refractivity contribution in [2.75, 3.05) is 19.0 Å². The first-order valence-corrected chi connectivity index (χ1v) is 6.90. The van der Waals surface area contributed by atoms with Gasteiger partial charge in [-0.15, -0.1) is 0 Å². The molecule has 2 rings (SSSR count). The van der Waals surface area contributed by atoms with Gasteiger partial charge in [-0.25, -0.2) is 9.97 Å². The molecular formula is C16H21N3O. The SMILES string of the molecule is CCOC(C)c1nc(NC)c(C)c(-c2ccccc2)n1. The predicted molar refractivity (Wildman–Crippen MR) is 81.8 cm³/mol. The van der Waals surface area contributed by atoms with Gasteiger partial charge in [0.05, 0.1) is 5.69 Å². The molecule has 0 aliphatic heterocycles. The van der Waals surface area contributed by atoms with Crippen LogP contribution in [0.15, 0.2) is 30.3 Å². The molecule has 1 heterocycles. The highest BCUT2D eigenvalue weighted by Gasteiger charge is 2.15. The number of ether oxygens (including phenoxy) is 1. The van der Waals surface area contributed by atoms with Crippen LogP contribution in [0.3, 0.4) is 0 Å². The van der Waals surface area contributed by atoms with E-state index in [4.69, 9.17) is 9.72 Å². The minimum Gasteiger partial charge on any atom is -0.373 e. The summed E-state index contributed by atoms with van der Waals surface area (Å²) in [5.74, 6) is 1.56. The molecule has 0 radical (unpaired) electrons. The van der Waals surface area contributed by atoms with Gasteiger partial charge in [0.2, 0.25) is 0 Å². The van der Waals surface area contributed by atoms with Crippen molar-refractivity contribution < 1.29 is 4.74 Å². The van der Waals surface area contributed by atoms with Gasteiger partial charge in [0, 0.05) is 24.8 Å². The van der Waals surface area contributed by atoms with E-state index < -0.39 is 0 Å². The van der Waals surface area contributed by atoms with E-state index in [2.05, 4.69) is 22.4 Å². The summed E-state index contributed by atoms with van der Waals surface area (Å²) in [4.78, 5) is 9.24. The Morgan fingerprint density at radius 3 is 2.50 bits per heavy atom. The highest BCUT2D eigenvalue weighted by atomic mass is 16.5. The Hall–Kier alpha value is -1.94. The van der Waals surface area contributed by atoms with Gasteiger partial charge >= 0.3 is 0 Å². The second-order valence-electron chi connectivity index (χ2n) is 4.62. The maximum Gasteiger partial charge on any atom is 0.159 e. The molecule has 0 bridgehead atoms. The van der Waals surface area contributed by atoms with Crippen LogP contribution in [0.1, 0.15) is 31.3 Å².